The average molecular weight is 331 g/mol. The van der Waals surface area contributed by atoms with Crippen LogP contribution >= 0.6 is 0 Å². The second kappa shape index (κ2) is 7.49. The van der Waals surface area contributed by atoms with Crippen LogP contribution in [0.25, 0.3) is 0 Å². The van der Waals surface area contributed by atoms with E-state index >= 15 is 0 Å². The van der Waals surface area contributed by atoms with E-state index in [0.29, 0.717) is 12.3 Å². The first-order valence-corrected chi connectivity index (χ1v) is 9.40. The molecule has 1 aromatic heterocycles. The van der Waals surface area contributed by atoms with E-state index in [1.165, 1.54) is 0 Å². The largest absolute Gasteiger partial charge is 0.338 e. The van der Waals surface area contributed by atoms with Gasteiger partial charge in [0.05, 0.1) is 11.8 Å². The van der Waals surface area contributed by atoms with Gasteiger partial charge in [-0.15, -0.1) is 0 Å². The molecule has 0 saturated carbocycles. The van der Waals surface area contributed by atoms with Crippen molar-refractivity contribution in [1.82, 2.24) is 19.9 Å². The van der Waals surface area contributed by atoms with Crippen LogP contribution in [0.1, 0.15) is 38.0 Å². The van der Waals surface area contributed by atoms with Gasteiger partial charge in [0.15, 0.2) is 5.82 Å². The Labute approximate surface area is 131 Å². The first-order chi connectivity index (χ1) is 10.4. The van der Waals surface area contributed by atoms with Gasteiger partial charge >= 0.3 is 0 Å². The quantitative estimate of drug-likeness (QED) is 0.749. The van der Waals surface area contributed by atoms with E-state index in [9.17, 15) is 8.42 Å². The number of primary sulfonamides is 1. The molecule has 1 aromatic rings. The maximum Gasteiger partial charge on any atom is 0.243 e. The normalized spacial score (nSPS) is 19.4. The molecule has 0 amide bonds. The lowest BCUT2D eigenvalue weighted by Gasteiger charge is -2.36. The van der Waals surface area contributed by atoms with Crippen LogP contribution in [0, 0.1) is 0 Å². The molecule has 1 aliphatic heterocycles. The fourth-order valence-corrected chi connectivity index (χ4v) is 3.13. The van der Waals surface area contributed by atoms with Crippen molar-refractivity contribution in [2.75, 3.05) is 38.5 Å². The summed E-state index contributed by atoms with van der Waals surface area (Å²) in [4.78, 5) is 8.96. The van der Waals surface area contributed by atoms with E-state index in [-0.39, 0.29) is 11.8 Å². The number of nitrogens with two attached hydrogens (primary N) is 1. The first kappa shape index (κ1) is 17.3. The summed E-state index contributed by atoms with van der Waals surface area (Å²) in [6.07, 6.45) is 1.35. The lowest BCUT2D eigenvalue weighted by atomic mass is 10.2. The van der Waals surface area contributed by atoms with Crippen LogP contribution in [0.2, 0.25) is 0 Å². The fourth-order valence-electron chi connectivity index (χ4n) is 2.60. The van der Waals surface area contributed by atoms with Crippen LogP contribution in [-0.4, -0.2) is 66.8 Å². The van der Waals surface area contributed by atoms with Gasteiger partial charge in [-0.2, -0.15) is 4.98 Å². The summed E-state index contributed by atoms with van der Waals surface area (Å²) in [6, 6.07) is 0.111. The maximum absolute atomic E-state index is 10.9. The molecule has 9 heteroatoms. The molecule has 0 aromatic carbocycles. The minimum atomic E-state index is -3.35. The number of aromatic nitrogens is 2. The highest BCUT2D eigenvalue weighted by Crippen LogP contribution is 2.20. The van der Waals surface area contributed by atoms with Crippen molar-refractivity contribution in [2.24, 2.45) is 5.14 Å². The lowest BCUT2D eigenvalue weighted by Crippen LogP contribution is -2.47. The Morgan fingerprint density at radius 2 is 2.00 bits per heavy atom. The number of piperazine rings is 1. The summed E-state index contributed by atoms with van der Waals surface area (Å²) >= 11 is 0. The van der Waals surface area contributed by atoms with Crippen molar-refractivity contribution in [3.05, 3.63) is 11.7 Å². The van der Waals surface area contributed by atoms with Gasteiger partial charge in [-0.05, 0) is 19.9 Å². The first-order valence-electron chi connectivity index (χ1n) is 7.68. The third-order valence-corrected chi connectivity index (χ3v) is 4.87. The van der Waals surface area contributed by atoms with Crippen molar-refractivity contribution < 1.29 is 12.9 Å². The number of nitrogens with zero attached hydrogens (tertiary/aromatic N) is 4. The maximum atomic E-state index is 10.9. The van der Waals surface area contributed by atoms with Crippen LogP contribution in [0.15, 0.2) is 4.52 Å². The van der Waals surface area contributed by atoms with Gasteiger partial charge in [-0.1, -0.05) is 12.1 Å². The molecule has 126 valence electrons. The molecule has 22 heavy (non-hydrogen) atoms. The summed E-state index contributed by atoms with van der Waals surface area (Å²) in [5.74, 6) is 1.45. The Balaban J connectivity index is 1.76. The molecule has 1 unspecified atom stereocenters. The summed E-state index contributed by atoms with van der Waals surface area (Å²) in [5, 5.41) is 8.95. The zero-order chi connectivity index (χ0) is 16.2. The number of rotatable bonds is 7. The van der Waals surface area contributed by atoms with Crippen molar-refractivity contribution in [3.8, 4) is 0 Å². The molecule has 8 nitrogen and oxygen atoms in total. The van der Waals surface area contributed by atoms with Crippen molar-refractivity contribution in [3.63, 3.8) is 0 Å². The molecule has 1 aliphatic rings. The van der Waals surface area contributed by atoms with Crippen LogP contribution in [0.5, 0.6) is 0 Å². The molecule has 1 fully saturated rings. The van der Waals surface area contributed by atoms with Crippen molar-refractivity contribution in [2.45, 2.75) is 32.7 Å². The van der Waals surface area contributed by atoms with Gasteiger partial charge in [0.1, 0.15) is 0 Å². The van der Waals surface area contributed by atoms with Crippen molar-refractivity contribution in [1.29, 1.82) is 0 Å². The monoisotopic (exact) mass is 331 g/mol. The van der Waals surface area contributed by atoms with Crippen LogP contribution in [-0.2, 0) is 16.4 Å². The van der Waals surface area contributed by atoms with Gasteiger partial charge in [-0.25, -0.2) is 13.6 Å². The summed E-state index contributed by atoms with van der Waals surface area (Å²) in [5.41, 5.74) is 0. The standard InChI is InChI=1S/C13H25N5O3S/c1-3-12-15-13(21-16-12)11(2)18-8-6-17(7-9-18)5-4-10-22(14,19)20/h11H,3-10H2,1-2H3,(H2,14,19,20). The number of sulfonamides is 1. The highest BCUT2D eigenvalue weighted by molar-refractivity contribution is 7.89. The van der Waals surface area contributed by atoms with E-state index in [0.717, 1.165) is 45.0 Å². The zero-order valence-corrected chi connectivity index (χ0v) is 14.0. The molecule has 0 spiro atoms. The van der Waals surface area contributed by atoms with E-state index in [1.807, 2.05) is 6.92 Å². The number of hydrogen-bond donors (Lipinski definition) is 1. The van der Waals surface area contributed by atoms with Gasteiger partial charge in [0.25, 0.3) is 0 Å². The SMILES string of the molecule is CCc1noc(C(C)N2CCN(CCCS(N)(=O)=O)CC2)n1. The highest BCUT2D eigenvalue weighted by atomic mass is 32.2. The Bertz CT molecular complexity index is 566. The fraction of sp³-hybridized carbons (Fsp3) is 0.846. The Morgan fingerprint density at radius 1 is 1.32 bits per heavy atom. The van der Waals surface area contributed by atoms with Gasteiger partial charge in [-0.3, -0.25) is 4.90 Å². The van der Waals surface area contributed by atoms with Gasteiger partial charge in [0.2, 0.25) is 15.9 Å². The third-order valence-electron chi connectivity index (χ3n) is 4.02. The molecule has 1 saturated heterocycles. The zero-order valence-electron chi connectivity index (χ0n) is 13.2. The summed E-state index contributed by atoms with van der Waals surface area (Å²) < 4.78 is 27.2. The molecule has 0 bridgehead atoms. The van der Waals surface area contributed by atoms with Crippen LogP contribution < -0.4 is 5.14 Å². The lowest BCUT2D eigenvalue weighted by molar-refractivity contribution is 0.0885. The smallest absolute Gasteiger partial charge is 0.243 e. The van der Waals surface area contributed by atoms with Gasteiger partial charge in [0, 0.05) is 32.6 Å². The molecular weight excluding hydrogens is 306 g/mol. The van der Waals surface area contributed by atoms with Crippen LogP contribution in [0.4, 0.5) is 0 Å². The molecule has 1 atom stereocenters. The minimum absolute atomic E-state index is 0.0470. The minimum Gasteiger partial charge on any atom is -0.338 e. The van der Waals surface area contributed by atoms with Crippen molar-refractivity contribution >= 4 is 10.0 Å². The molecule has 2 heterocycles. The highest BCUT2D eigenvalue weighted by Gasteiger charge is 2.25. The average Bonchev–Trinajstić information content (AvgIpc) is 2.95. The molecule has 2 N–H and O–H groups in total. The predicted octanol–water partition coefficient (Wildman–Crippen LogP) is -0.0108. The summed E-state index contributed by atoms with van der Waals surface area (Å²) in [6.45, 7) is 8.45. The molecule has 0 radical (unpaired) electrons. The second-order valence-corrected chi connectivity index (χ2v) is 7.41. The molecule has 2 rings (SSSR count). The third kappa shape index (κ3) is 5.01. The topological polar surface area (TPSA) is 106 Å². The van der Waals surface area contributed by atoms with E-state index < -0.39 is 10.0 Å². The predicted molar refractivity (Wildman–Crippen MR) is 82.7 cm³/mol. The molecular formula is C13H25N5O3S. The van der Waals surface area contributed by atoms with E-state index in [1.54, 1.807) is 0 Å². The van der Waals surface area contributed by atoms with E-state index in [4.69, 9.17) is 9.66 Å². The Hall–Kier alpha value is -1.03. The van der Waals surface area contributed by atoms with Gasteiger partial charge < -0.3 is 9.42 Å². The number of hydrogen-bond acceptors (Lipinski definition) is 7. The molecule has 0 aliphatic carbocycles. The summed E-state index contributed by atoms with van der Waals surface area (Å²) in [7, 11) is -3.35. The number of aryl methyl sites for hydroxylation is 1. The Morgan fingerprint density at radius 3 is 2.55 bits per heavy atom. The van der Waals surface area contributed by atoms with E-state index in [2.05, 4.69) is 26.9 Å². The second-order valence-electron chi connectivity index (χ2n) is 5.68. The Kier molecular flexibility index (Phi) is 5.90. The van der Waals surface area contributed by atoms with Crippen LogP contribution in [0.3, 0.4) is 0 Å².